The largest absolute Gasteiger partial charge is 0.483 e. The van der Waals surface area contributed by atoms with Gasteiger partial charge in [-0.2, -0.15) is 0 Å². The Morgan fingerprint density at radius 3 is 2.46 bits per heavy atom. The van der Waals surface area contributed by atoms with Crippen molar-refractivity contribution in [3.63, 3.8) is 0 Å². The summed E-state index contributed by atoms with van der Waals surface area (Å²) < 4.78 is 10.6. The smallest absolute Gasteiger partial charge is 0.349 e. The molecule has 2 N–H and O–H groups in total. The average Bonchev–Trinajstić information content (AvgIpc) is 2.85. The Kier molecular flexibility index (Phi) is 6.93. The number of hydrogen-bond acceptors (Lipinski definition) is 6. The molecule has 0 fully saturated rings. The van der Waals surface area contributed by atoms with Gasteiger partial charge in [0.1, 0.15) is 16.9 Å². The van der Waals surface area contributed by atoms with Crippen LogP contribution >= 0.6 is 11.6 Å². The Balaban J connectivity index is 1.34. The van der Waals surface area contributed by atoms with Gasteiger partial charge < -0.3 is 9.15 Å². The van der Waals surface area contributed by atoms with Crippen LogP contribution in [0.4, 0.5) is 0 Å². The minimum absolute atomic E-state index is 0.194. The van der Waals surface area contributed by atoms with E-state index < -0.39 is 24.0 Å². The molecule has 0 spiro atoms. The number of aryl methyl sites for hydroxylation is 1. The number of rotatable bonds is 6. The van der Waals surface area contributed by atoms with Gasteiger partial charge in [-0.15, -0.1) is 0 Å². The molecule has 4 aromatic rings. The minimum atomic E-state index is -0.824. The molecule has 3 aromatic carbocycles. The van der Waals surface area contributed by atoms with E-state index in [1.54, 1.807) is 73.7 Å². The SMILES string of the molecule is Cc1cc(C(=O)c2cccc(Cl)c2)ccc1OCC(=O)NNC(=O)c1cc2ccccc2oc1=O. The van der Waals surface area contributed by atoms with Crippen molar-refractivity contribution in [1.82, 2.24) is 10.9 Å². The second-order valence-corrected chi connectivity index (χ2v) is 8.03. The molecule has 0 radical (unpaired) electrons. The minimum Gasteiger partial charge on any atom is -0.483 e. The van der Waals surface area contributed by atoms with Crippen LogP contribution in [-0.4, -0.2) is 24.2 Å². The highest BCUT2D eigenvalue weighted by Gasteiger charge is 2.15. The average molecular weight is 491 g/mol. The molecule has 35 heavy (non-hydrogen) atoms. The Bertz CT molecular complexity index is 1510. The number of nitrogens with one attached hydrogen (secondary N) is 2. The quantitative estimate of drug-likeness (QED) is 0.241. The number of ketones is 1. The van der Waals surface area contributed by atoms with Gasteiger partial charge >= 0.3 is 5.63 Å². The summed E-state index contributed by atoms with van der Waals surface area (Å²) in [6.07, 6.45) is 0. The van der Waals surface area contributed by atoms with Crippen molar-refractivity contribution >= 4 is 40.2 Å². The standard InChI is InChI=1S/C26H19ClN2O6/c1-15-11-18(24(31)17-6-4-7-19(27)12-17)9-10-21(15)34-14-23(30)28-29-25(32)20-13-16-5-2-3-8-22(16)35-26(20)33/h2-13H,14H2,1H3,(H,28,30)(H,29,32). The molecular formula is C26H19ClN2O6. The van der Waals surface area contributed by atoms with E-state index in [9.17, 15) is 19.2 Å². The van der Waals surface area contributed by atoms with Gasteiger partial charge in [0.05, 0.1) is 0 Å². The third-order valence-electron chi connectivity index (χ3n) is 5.08. The summed E-state index contributed by atoms with van der Waals surface area (Å²) in [5.74, 6) is -1.27. The van der Waals surface area contributed by atoms with Crippen molar-refractivity contribution in [1.29, 1.82) is 0 Å². The van der Waals surface area contributed by atoms with Gasteiger partial charge in [0.2, 0.25) is 0 Å². The van der Waals surface area contributed by atoms with Crippen LogP contribution in [0.2, 0.25) is 5.02 Å². The van der Waals surface area contributed by atoms with E-state index in [-0.39, 0.29) is 11.3 Å². The molecule has 176 valence electrons. The zero-order valence-electron chi connectivity index (χ0n) is 18.5. The van der Waals surface area contributed by atoms with Gasteiger partial charge in [-0.1, -0.05) is 41.9 Å². The van der Waals surface area contributed by atoms with Crippen LogP contribution in [0.5, 0.6) is 5.75 Å². The molecule has 0 saturated heterocycles. The molecule has 9 heteroatoms. The van der Waals surface area contributed by atoms with E-state index in [1.807, 2.05) is 0 Å². The van der Waals surface area contributed by atoms with Crippen molar-refractivity contribution < 1.29 is 23.5 Å². The number of halogens is 1. The number of para-hydroxylation sites is 1. The maximum absolute atomic E-state index is 12.7. The van der Waals surface area contributed by atoms with E-state index in [1.165, 1.54) is 6.07 Å². The van der Waals surface area contributed by atoms with Crippen molar-refractivity contribution in [2.45, 2.75) is 6.92 Å². The first-order chi connectivity index (χ1) is 16.8. The number of amides is 2. The molecular weight excluding hydrogens is 472 g/mol. The molecule has 0 aliphatic rings. The van der Waals surface area contributed by atoms with Crippen LogP contribution in [0, 0.1) is 6.92 Å². The van der Waals surface area contributed by atoms with Crippen molar-refractivity contribution in [2.75, 3.05) is 6.61 Å². The summed E-state index contributed by atoms with van der Waals surface area (Å²) in [6.45, 7) is 1.33. The number of benzene rings is 3. The summed E-state index contributed by atoms with van der Waals surface area (Å²) in [4.78, 5) is 49.2. The summed E-state index contributed by atoms with van der Waals surface area (Å²) in [5, 5.41) is 1.03. The van der Waals surface area contributed by atoms with Gasteiger partial charge in [-0.05, 0) is 55.0 Å². The number of fused-ring (bicyclic) bond motifs is 1. The third-order valence-corrected chi connectivity index (χ3v) is 5.32. The van der Waals surface area contributed by atoms with E-state index >= 15 is 0 Å². The number of ether oxygens (including phenoxy) is 1. The first-order valence-corrected chi connectivity index (χ1v) is 10.9. The predicted molar refractivity (Wildman–Crippen MR) is 130 cm³/mol. The molecule has 1 heterocycles. The van der Waals surface area contributed by atoms with E-state index in [2.05, 4.69) is 10.9 Å². The Morgan fingerprint density at radius 1 is 0.914 bits per heavy atom. The highest BCUT2D eigenvalue weighted by atomic mass is 35.5. The van der Waals surface area contributed by atoms with E-state index in [0.717, 1.165) is 0 Å². The van der Waals surface area contributed by atoms with Crippen molar-refractivity contribution in [3.05, 3.63) is 110 Å². The fourth-order valence-electron chi connectivity index (χ4n) is 3.34. The first kappa shape index (κ1) is 23.7. The molecule has 0 atom stereocenters. The Labute approximate surface area is 204 Å². The molecule has 8 nitrogen and oxygen atoms in total. The lowest BCUT2D eigenvalue weighted by molar-refractivity contribution is -0.123. The second kappa shape index (κ2) is 10.2. The first-order valence-electron chi connectivity index (χ1n) is 10.5. The number of carbonyl (C=O) groups excluding carboxylic acids is 3. The molecule has 2 amide bonds. The number of carbonyl (C=O) groups is 3. The topological polar surface area (TPSA) is 115 Å². The second-order valence-electron chi connectivity index (χ2n) is 7.60. The normalized spacial score (nSPS) is 10.6. The molecule has 1 aromatic heterocycles. The third kappa shape index (κ3) is 5.56. The van der Waals surface area contributed by atoms with Crippen LogP contribution < -0.4 is 21.2 Å². The van der Waals surface area contributed by atoms with Crippen molar-refractivity contribution in [3.8, 4) is 5.75 Å². The lowest BCUT2D eigenvalue weighted by Gasteiger charge is -2.11. The number of hydrogen-bond donors (Lipinski definition) is 2. The molecule has 0 aliphatic heterocycles. The van der Waals surface area contributed by atoms with Crippen LogP contribution in [0.1, 0.15) is 31.8 Å². The zero-order valence-corrected chi connectivity index (χ0v) is 19.2. The lowest BCUT2D eigenvalue weighted by atomic mass is 10.0. The maximum atomic E-state index is 12.7. The highest BCUT2D eigenvalue weighted by molar-refractivity contribution is 6.31. The maximum Gasteiger partial charge on any atom is 0.349 e. The molecule has 4 rings (SSSR count). The number of hydrazine groups is 1. The zero-order chi connectivity index (χ0) is 24.9. The summed E-state index contributed by atoms with van der Waals surface area (Å²) in [7, 11) is 0. The molecule has 0 bridgehead atoms. The van der Waals surface area contributed by atoms with Gasteiger partial charge in [0.15, 0.2) is 12.4 Å². The predicted octanol–water partition coefficient (Wildman–Crippen LogP) is 3.83. The highest BCUT2D eigenvalue weighted by Crippen LogP contribution is 2.22. The van der Waals surface area contributed by atoms with Gasteiger partial charge in [0.25, 0.3) is 11.8 Å². The van der Waals surface area contributed by atoms with Crippen molar-refractivity contribution in [2.24, 2.45) is 0 Å². The van der Waals surface area contributed by atoms with Gasteiger partial charge in [0, 0.05) is 21.5 Å². The lowest BCUT2D eigenvalue weighted by Crippen LogP contribution is -2.45. The Morgan fingerprint density at radius 2 is 1.69 bits per heavy atom. The van der Waals surface area contributed by atoms with E-state index in [4.69, 9.17) is 20.8 Å². The van der Waals surface area contributed by atoms with Gasteiger partial charge in [-0.25, -0.2) is 4.79 Å². The monoisotopic (exact) mass is 490 g/mol. The fraction of sp³-hybridized carbons (Fsp3) is 0.0769. The van der Waals surface area contributed by atoms with Crippen LogP contribution in [0.3, 0.4) is 0 Å². The summed E-state index contributed by atoms with van der Waals surface area (Å²) in [6, 6.07) is 19.6. The van der Waals surface area contributed by atoms with E-state index in [0.29, 0.717) is 38.4 Å². The molecule has 0 unspecified atom stereocenters. The fourth-order valence-corrected chi connectivity index (χ4v) is 3.53. The van der Waals surface area contributed by atoms with Crippen LogP contribution in [-0.2, 0) is 4.79 Å². The summed E-state index contributed by atoms with van der Waals surface area (Å²) >= 11 is 5.96. The van der Waals surface area contributed by atoms with Crippen LogP contribution in [0.25, 0.3) is 11.0 Å². The van der Waals surface area contributed by atoms with Gasteiger partial charge in [-0.3, -0.25) is 25.2 Å². The Hall–Kier alpha value is -4.43. The van der Waals surface area contributed by atoms with Crippen LogP contribution in [0.15, 0.2) is 82.0 Å². The molecule has 0 aliphatic carbocycles. The summed E-state index contributed by atoms with van der Waals surface area (Å²) in [5.41, 5.74) is 5.18. The molecule has 0 saturated carbocycles.